The maximum absolute atomic E-state index is 12.1. The molecule has 0 saturated carbocycles. The molecule has 0 bridgehead atoms. The van der Waals surface area contributed by atoms with E-state index in [9.17, 15) is 4.79 Å². The standard InChI is InChI=1S/C15H29NO4/c1-5-20-14(17)15(4,16-12(2)3)11-19-10-13-6-8-18-9-7-13/h12-13,16H,5-11H2,1-4H3. The lowest BCUT2D eigenvalue weighted by Gasteiger charge is -2.31. The highest BCUT2D eigenvalue weighted by molar-refractivity contribution is 5.80. The summed E-state index contributed by atoms with van der Waals surface area (Å²) in [7, 11) is 0. The third-order valence-corrected chi connectivity index (χ3v) is 3.42. The molecule has 1 atom stereocenters. The number of esters is 1. The molecule has 1 heterocycles. The first-order chi connectivity index (χ1) is 9.48. The second kappa shape index (κ2) is 8.60. The van der Waals surface area contributed by atoms with Crippen LogP contribution in [0.25, 0.3) is 0 Å². The number of hydrogen-bond donors (Lipinski definition) is 1. The van der Waals surface area contributed by atoms with Crippen molar-refractivity contribution in [2.45, 2.75) is 52.1 Å². The van der Waals surface area contributed by atoms with Gasteiger partial charge in [-0.25, -0.2) is 4.79 Å². The van der Waals surface area contributed by atoms with E-state index < -0.39 is 5.54 Å². The van der Waals surface area contributed by atoms with Crippen LogP contribution in [0.3, 0.4) is 0 Å². The van der Waals surface area contributed by atoms with Crippen LogP contribution in [-0.4, -0.2) is 50.6 Å². The topological polar surface area (TPSA) is 56.8 Å². The fourth-order valence-corrected chi connectivity index (χ4v) is 2.43. The van der Waals surface area contributed by atoms with Crippen LogP contribution in [0.4, 0.5) is 0 Å². The second-order valence-corrected chi connectivity index (χ2v) is 5.92. The van der Waals surface area contributed by atoms with E-state index in [4.69, 9.17) is 14.2 Å². The van der Waals surface area contributed by atoms with Gasteiger partial charge in [0.15, 0.2) is 0 Å². The molecule has 1 rings (SSSR count). The first-order valence-electron chi connectivity index (χ1n) is 7.58. The van der Waals surface area contributed by atoms with Crippen LogP contribution in [0.15, 0.2) is 0 Å². The lowest BCUT2D eigenvalue weighted by Crippen LogP contribution is -2.56. The van der Waals surface area contributed by atoms with Gasteiger partial charge in [-0.2, -0.15) is 0 Å². The van der Waals surface area contributed by atoms with Crippen LogP contribution in [-0.2, 0) is 19.0 Å². The van der Waals surface area contributed by atoms with Gasteiger partial charge in [-0.3, -0.25) is 5.32 Å². The Kier molecular flexibility index (Phi) is 7.48. The lowest BCUT2D eigenvalue weighted by molar-refractivity contribution is -0.154. The average molecular weight is 287 g/mol. The Labute approximate surface area is 122 Å². The van der Waals surface area contributed by atoms with Crippen molar-refractivity contribution in [2.24, 2.45) is 5.92 Å². The molecule has 0 aromatic heterocycles. The first kappa shape index (κ1) is 17.4. The summed E-state index contributed by atoms with van der Waals surface area (Å²) in [5.41, 5.74) is -0.782. The summed E-state index contributed by atoms with van der Waals surface area (Å²) >= 11 is 0. The van der Waals surface area contributed by atoms with Crippen LogP contribution in [0.2, 0.25) is 0 Å². The van der Waals surface area contributed by atoms with Gasteiger partial charge in [0.2, 0.25) is 0 Å². The molecule has 0 aromatic rings. The van der Waals surface area contributed by atoms with Crippen LogP contribution in [0.1, 0.15) is 40.5 Å². The number of nitrogens with one attached hydrogen (secondary N) is 1. The molecular formula is C15H29NO4. The van der Waals surface area contributed by atoms with Crippen molar-refractivity contribution < 1.29 is 19.0 Å². The van der Waals surface area contributed by atoms with Gasteiger partial charge in [0.25, 0.3) is 0 Å². The van der Waals surface area contributed by atoms with E-state index in [0.717, 1.165) is 26.1 Å². The molecule has 118 valence electrons. The van der Waals surface area contributed by atoms with Crippen molar-refractivity contribution in [1.82, 2.24) is 5.32 Å². The fourth-order valence-electron chi connectivity index (χ4n) is 2.43. The Bertz CT molecular complexity index is 290. The predicted octanol–water partition coefficient (Wildman–Crippen LogP) is 1.75. The molecule has 0 radical (unpaired) electrons. The molecule has 5 heteroatoms. The van der Waals surface area contributed by atoms with E-state index in [1.165, 1.54) is 0 Å². The third kappa shape index (κ3) is 5.77. The third-order valence-electron chi connectivity index (χ3n) is 3.42. The first-order valence-corrected chi connectivity index (χ1v) is 7.58. The minimum absolute atomic E-state index is 0.191. The molecular weight excluding hydrogens is 258 g/mol. The van der Waals surface area contributed by atoms with Gasteiger partial charge < -0.3 is 14.2 Å². The molecule has 1 aliphatic heterocycles. The summed E-state index contributed by atoms with van der Waals surface area (Å²) in [4.78, 5) is 12.1. The van der Waals surface area contributed by atoms with E-state index in [1.54, 1.807) is 0 Å². The van der Waals surface area contributed by atoms with Crippen LogP contribution in [0.5, 0.6) is 0 Å². The van der Waals surface area contributed by atoms with E-state index in [-0.39, 0.29) is 12.0 Å². The highest BCUT2D eigenvalue weighted by Gasteiger charge is 2.35. The van der Waals surface area contributed by atoms with Gasteiger partial charge in [-0.1, -0.05) is 0 Å². The zero-order chi connectivity index (χ0) is 15.0. The van der Waals surface area contributed by atoms with Gasteiger partial charge >= 0.3 is 5.97 Å². The molecule has 5 nitrogen and oxygen atoms in total. The van der Waals surface area contributed by atoms with Crippen molar-refractivity contribution in [2.75, 3.05) is 33.0 Å². The average Bonchev–Trinajstić information content (AvgIpc) is 2.39. The van der Waals surface area contributed by atoms with Crippen molar-refractivity contribution in [3.63, 3.8) is 0 Å². The molecule has 1 fully saturated rings. The molecule has 1 aliphatic rings. The normalized spacial score (nSPS) is 19.9. The molecule has 0 amide bonds. The van der Waals surface area contributed by atoms with Gasteiger partial charge in [0, 0.05) is 25.9 Å². The Morgan fingerprint density at radius 1 is 1.40 bits per heavy atom. The molecule has 1 saturated heterocycles. The lowest BCUT2D eigenvalue weighted by atomic mass is 10.0. The summed E-state index contributed by atoms with van der Waals surface area (Å²) in [5, 5.41) is 3.25. The van der Waals surface area contributed by atoms with Crippen molar-refractivity contribution in [3.05, 3.63) is 0 Å². The number of hydrogen-bond acceptors (Lipinski definition) is 5. The number of carbonyl (C=O) groups is 1. The Morgan fingerprint density at radius 3 is 2.60 bits per heavy atom. The van der Waals surface area contributed by atoms with E-state index in [2.05, 4.69) is 5.32 Å². The molecule has 0 aromatic carbocycles. The summed E-state index contributed by atoms with van der Waals surface area (Å²) < 4.78 is 16.3. The number of carbonyl (C=O) groups excluding carboxylic acids is 1. The van der Waals surface area contributed by atoms with Gasteiger partial charge in [-0.15, -0.1) is 0 Å². The summed E-state index contributed by atoms with van der Waals surface area (Å²) in [5.74, 6) is 0.287. The number of ether oxygens (including phenoxy) is 3. The maximum atomic E-state index is 12.1. The largest absolute Gasteiger partial charge is 0.465 e. The SMILES string of the molecule is CCOC(=O)C(C)(COCC1CCOCC1)NC(C)C. The van der Waals surface area contributed by atoms with Crippen molar-refractivity contribution in [1.29, 1.82) is 0 Å². The van der Waals surface area contributed by atoms with Gasteiger partial charge in [0.1, 0.15) is 5.54 Å². The zero-order valence-electron chi connectivity index (χ0n) is 13.2. The highest BCUT2D eigenvalue weighted by atomic mass is 16.5. The Hall–Kier alpha value is -0.650. The van der Waals surface area contributed by atoms with Crippen LogP contribution >= 0.6 is 0 Å². The Morgan fingerprint density at radius 2 is 2.05 bits per heavy atom. The van der Waals surface area contributed by atoms with Crippen molar-refractivity contribution >= 4 is 5.97 Å². The minimum Gasteiger partial charge on any atom is -0.465 e. The van der Waals surface area contributed by atoms with Gasteiger partial charge in [-0.05, 0) is 46.5 Å². The monoisotopic (exact) mass is 287 g/mol. The van der Waals surface area contributed by atoms with E-state index >= 15 is 0 Å². The summed E-state index contributed by atoms with van der Waals surface area (Å²) in [6, 6.07) is 0.191. The van der Waals surface area contributed by atoms with E-state index in [1.807, 2.05) is 27.7 Å². The number of rotatable bonds is 8. The van der Waals surface area contributed by atoms with Gasteiger partial charge in [0.05, 0.1) is 13.2 Å². The Balaban J connectivity index is 2.44. The minimum atomic E-state index is -0.782. The zero-order valence-corrected chi connectivity index (χ0v) is 13.2. The second-order valence-electron chi connectivity index (χ2n) is 5.92. The highest BCUT2D eigenvalue weighted by Crippen LogP contribution is 2.16. The summed E-state index contributed by atoms with van der Waals surface area (Å²) in [6.07, 6.45) is 2.07. The quantitative estimate of drug-likeness (QED) is 0.689. The molecule has 1 N–H and O–H groups in total. The van der Waals surface area contributed by atoms with Crippen molar-refractivity contribution in [3.8, 4) is 0 Å². The van der Waals surface area contributed by atoms with Crippen LogP contribution < -0.4 is 5.32 Å². The molecule has 0 aliphatic carbocycles. The molecule has 0 spiro atoms. The molecule has 20 heavy (non-hydrogen) atoms. The van der Waals surface area contributed by atoms with Crippen LogP contribution in [0, 0.1) is 5.92 Å². The summed E-state index contributed by atoms with van der Waals surface area (Å²) in [6.45, 7) is 10.7. The molecule has 1 unspecified atom stereocenters. The fraction of sp³-hybridized carbons (Fsp3) is 0.933. The van der Waals surface area contributed by atoms with E-state index in [0.29, 0.717) is 25.7 Å². The predicted molar refractivity (Wildman–Crippen MR) is 77.7 cm³/mol. The smallest absolute Gasteiger partial charge is 0.328 e. The maximum Gasteiger partial charge on any atom is 0.328 e.